The van der Waals surface area contributed by atoms with Crippen molar-refractivity contribution in [3.8, 4) is 5.75 Å². The minimum Gasteiger partial charge on any atom is -0.492 e. The molecule has 2 heterocycles. The highest BCUT2D eigenvalue weighted by molar-refractivity contribution is 5.74. The first-order valence-electron chi connectivity index (χ1n) is 9.23. The summed E-state index contributed by atoms with van der Waals surface area (Å²) in [6.45, 7) is 3.30. The molecule has 2 aliphatic heterocycles. The fourth-order valence-electron chi connectivity index (χ4n) is 3.97. The Bertz CT molecular complexity index is 783. The molecule has 0 aromatic heterocycles. The van der Waals surface area contributed by atoms with E-state index in [9.17, 15) is 4.79 Å². The van der Waals surface area contributed by atoms with Gasteiger partial charge in [0.2, 0.25) is 0 Å². The fraction of sp³-hybridized carbons (Fsp3) is 0.381. The Kier molecular flexibility index (Phi) is 4.55. The average Bonchev–Trinajstić information content (AvgIpc) is 3.05. The normalized spacial score (nSPS) is 17.7. The van der Waals surface area contributed by atoms with Crippen LogP contribution in [-0.2, 0) is 18.5 Å². The molecule has 0 unspecified atom stereocenters. The quantitative estimate of drug-likeness (QED) is 0.893. The molecule has 2 amide bonds. The average molecular weight is 351 g/mol. The molecule has 1 saturated heterocycles. The lowest BCUT2D eigenvalue weighted by atomic mass is 9.74. The molecule has 26 heavy (non-hydrogen) atoms. The Morgan fingerprint density at radius 2 is 1.88 bits per heavy atom. The zero-order valence-corrected chi connectivity index (χ0v) is 14.9. The number of hydrogen-bond donors (Lipinski definition) is 2. The number of rotatable bonds is 3. The number of fused-ring (bicyclic) bond motifs is 2. The van der Waals surface area contributed by atoms with Crippen LogP contribution >= 0.6 is 0 Å². The molecular formula is C21H25N3O2. The highest BCUT2D eigenvalue weighted by Gasteiger charge is 2.43. The third-order valence-corrected chi connectivity index (χ3v) is 5.65. The van der Waals surface area contributed by atoms with E-state index in [1.807, 2.05) is 47.4 Å². The van der Waals surface area contributed by atoms with Crippen LogP contribution in [0.15, 0.2) is 48.5 Å². The van der Waals surface area contributed by atoms with Crippen molar-refractivity contribution in [2.45, 2.75) is 31.3 Å². The lowest BCUT2D eigenvalue weighted by molar-refractivity contribution is 0.141. The van der Waals surface area contributed by atoms with Gasteiger partial charge in [0.05, 0.1) is 6.61 Å². The summed E-state index contributed by atoms with van der Waals surface area (Å²) in [5, 5.41) is 3.02. The molecule has 5 nitrogen and oxygen atoms in total. The van der Waals surface area contributed by atoms with Gasteiger partial charge in [-0.15, -0.1) is 0 Å². The molecule has 1 fully saturated rings. The van der Waals surface area contributed by atoms with Crippen molar-refractivity contribution in [1.82, 2.24) is 10.2 Å². The van der Waals surface area contributed by atoms with Gasteiger partial charge in [0.25, 0.3) is 0 Å². The monoisotopic (exact) mass is 351 g/mol. The first-order valence-corrected chi connectivity index (χ1v) is 9.23. The summed E-state index contributed by atoms with van der Waals surface area (Å²) in [6, 6.07) is 16.3. The van der Waals surface area contributed by atoms with Crippen molar-refractivity contribution in [2.75, 3.05) is 19.7 Å². The molecule has 0 atom stereocenters. The number of carbonyl (C=O) groups excluding carboxylic acids is 1. The van der Waals surface area contributed by atoms with Gasteiger partial charge in [-0.2, -0.15) is 0 Å². The van der Waals surface area contributed by atoms with Crippen LogP contribution in [0.5, 0.6) is 5.75 Å². The summed E-state index contributed by atoms with van der Waals surface area (Å²) in [5.74, 6) is 0.976. The molecule has 2 aliphatic rings. The maximum atomic E-state index is 12.5. The van der Waals surface area contributed by atoms with Gasteiger partial charge in [0.15, 0.2) is 0 Å². The minimum atomic E-state index is 0.0125. The molecule has 5 heteroatoms. The lowest BCUT2D eigenvalue weighted by Gasteiger charge is -2.38. The van der Waals surface area contributed by atoms with Gasteiger partial charge >= 0.3 is 6.03 Å². The summed E-state index contributed by atoms with van der Waals surface area (Å²) in [7, 11) is 0. The maximum absolute atomic E-state index is 12.5. The highest BCUT2D eigenvalue weighted by atomic mass is 16.5. The zero-order chi connectivity index (χ0) is 18.0. The maximum Gasteiger partial charge on any atom is 0.317 e. The van der Waals surface area contributed by atoms with Crippen LogP contribution in [0.2, 0.25) is 0 Å². The summed E-state index contributed by atoms with van der Waals surface area (Å²) in [5.41, 5.74) is 9.34. The highest BCUT2D eigenvalue weighted by Crippen LogP contribution is 2.45. The second kappa shape index (κ2) is 7.00. The lowest BCUT2D eigenvalue weighted by Crippen LogP contribution is -2.49. The van der Waals surface area contributed by atoms with Crippen LogP contribution in [0.25, 0.3) is 0 Å². The fourth-order valence-corrected chi connectivity index (χ4v) is 3.97. The van der Waals surface area contributed by atoms with Crippen molar-refractivity contribution in [3.63, 3.8) is 0 Å². The molecule has 2 aromatic carbocycles. The van der Waals surface area contributed by atoms with E-state index in [1.165, 1.54) is 5.56 Å². The zero-order valence-electron chi connectivity index (χ0n) is 14.9. The number of benzene rings is 2. The van der Waals surface area contributed by atoms with Gasteiger partial charge in [0.1, 0.15) is 5.75 Å². The number of ether oxygens (including phenoxy) is 1. The smallest absolute Gasteiger partial charge is 0.317 e. The van der Waals surface area contributed by atoms with E-state index >= 15 is 0 Å². The minimum absolute atomic E-state index is 0.0125. The second-order valence-electron chi connectivity index (χ2n) is 7.23. The number of nitrogens with two attached hydrogens (primary N) is 1. The van der Waals surface area contributed by atoms with Crippen LogP contribution in [0.1, 0.15) is 29.5 Å². The molecular weight excluding hydrogens is 326 g/mol. The van der Waals surface area contributed by atoms with E-state index in [-0.39, 0.29) is 11.4 Å². The summed E-state index contributed by atoms with van der Waals surface area (Å²) in [6.07, 6.45) is 1.85. The topological polar surface area (TPSA) is 67.6 Å². The van der Waals surface area contributed by atoms with E-state index < -0.39 is 0 Å². The predicted octanol–water partition coefficient (Wildman–Crippen LogP) is 2.78. The first-order chi connectivity index (χ1) is 12.7. The van der Waals surface area contributed by atoms with Crippen LogP contribution in [0.4, 0.5) is 4.79 Å². The summed E-state index contributed by atoms with van der Waals surface area (Å²) in [4.78, 5) is 14.4. The van der Waals surface area contributed by atoms with Gasteiger partial charge in [-0.1, -0.05) is 42.5 Å². The summed E-state index contributed by atoms with van der Waals surface area (Å²) < 4.78 is 5.93. The standard InChI is InChI=1S/C21H25N3O2/c22-13-17-6-7-19-18(12-17)21(15-26-19)8-10-24(11-9-21)20(25)23-14-16-4-2-1-3-5-16/h1-7,12H,8-11,13-15,22H2,(H,23,25). The molecule has 136 valence electrons. The number of amides is 2. The number of nitrogens with zero attached hydrogens (tertiary/aromatic N) is 1. The van der Waals surface area contributed by atoms with Gasteiger partial charge in [0, 0.05) is 37.2 Å². The van der Waals surface area contributed by atoms with E-state index in [0.717, 1.165) is 42.8 Å². The number of likely N-dealkylation sites (tertiary alicyclic amines) is 1. The van der Waals surface area contributed by atoms with Crippen molar-refractivity contribution < 1.29 is 9.53 Å². The Balaban J connectivity index is 1.38. The Morgan fingerprint density at radius 1 is 1.12 bits per heavy atom. The summed E-state index contributed by atoms with van der Waals surface area (Å²) >= 11 is 0. The van der Waals surface area contributed by atoms with E-state index in [2.05, 4.69) is 11.4 Å². The van der Waals surface area contributed by atoms with Crippen LogP contribution in [0.3, 0.4) is 0 Å². The molecule has 2 aromatic rings. The Morgan fingerprint density at radius 3 is 2.62 bits per heavy atom. The SMILES string of the molecule is NCc1ccc2c(c1)C1(CCN(C(=O)NCc3ccccc3)CC1)CO2. The molecule has 0 radical (unpaired) electrons. The van der Waals surface area contributed by atoms with E-state index in [4.69, 9.17) is 10.5 Å². The molecule has 1 spiro atoms. The number of hydrogen-bond acceptors (Lipinski definition) is 3. The molecule has 0 saturated carbocycles. The molecule has 3 N–H and O–H groups in total. The number of carbonyl (C=O) groups is 1. The predicted molar refractivity (Wildman–Crippen MR) is 101 cm³/mol. The van der Waals surface area contributed by atoms with Gasteiger partial charge < -0.3 is 20.7 Å². The van der Waals surface area contributed by atoms with Crippen molar-refractivity contribution in [3.05, 3.63) is 65.2 Å². The Labute approximate surface area is 154 Å². The molecule has 4 rings (SSSR count). The first kappa shape index (κ1) is 16.9. The molecule has 0 bridgehead atoms. The van der Waals surface area contributed by atoms with Gasteiger partial charge in [-0.25, -0.2) is 4.79 Å². The van der Waals surface area contributed by atoms with Crippen molar-refractivity contribution in [2.24, 2.45) is 5.73 Å². The van der Waals surface area contributed by atoms with Crippen LogP contribution < -0.4 is 15.8 Å². The van der Waals surface area contributed by atoms with Crippen molar-refractivity contribution >= 4 is 6.03 Å². The number of nitrogens with one attached hydrogen (secondary N) is 1. The van der Waals surface area contributed by atoms with E-state index in [0.29, 0.717) is 19.7 Å². The molecule has 0 aliphatic carbocycles. The Hall–Kier alpha value is -2.53. The van der Waals surface area contributed by atoms with E-state index in [1.54, 1.807) is 0 Å². The van der Waals surface area contributed by atoms with Crippen molar-refractivity contribution in [1.29, 1.82) is 0 Å². The largest absolute Gasteiger partial charge is 0.492 e. The van der Waals surface area contributed by atoms with Crippen LogP contribution in [-0.4, -0.2) is 30.6 Å². The number of piperidine rings is 1. The van der Waals surface area contributed by atoms with Gasteiger partial charge in [-0.3, -0.25) is 0 Å². The number of urea groups is 1. The third kappa shape index (κ3) is 3.15. The van der Waals surface area contributed by atoms with Crippen LogP contribution in [0, 0.1) is 0 Å². The second-order valence-corrected chi connectivity index (χ2v) is 7.23. The third-order valence-electron chi connectivity index (χ3n) is 5.65. The van der Waals surface area contributed by atoms with Gasteiger partial charge in [-0.05, 0) is 30.0 Å².